The summed E-state index contributed by atoms with van der Waals surface area (Å²) in [5.74, 6) is -3.71. The van der Waals surface area contributed by atoms with Gasteiger partial charge in [0.1, 0.15) is 6.26 Å². The summed E-state index contributed by atoms with van der Waals surface area (Å²) in [4.78, 5) is 0. The zero-order valence-corrected chi connectivity index (χ0v) is 13.0. The third kappa shape index (κ3) is 2.19. The minimum absolute atomic E-state index is 0.347. The summed E-state index contributed by atoms with van der Waals surface area (Å²) < 4.78 is 27.7. The van der Waals surface area contributed by atoms with Gasteiger partial charge in [0.05, 0.1) is 17.6 Å². The van der Waals surface area contributed by atoms with Crippen molar-refractivity contribution in [2.75, 3.05) is 28.4 Å². The van der Waals surface area contributed by atoms with Crippen molar-refractivity contribution in [2.24, 2.45) is 0 Å². The molecule has 0 saturated heterocycles. The standard InChI is InChI=1S/C16H19NO5/c1-18-15(19-2)14(12-8-6-5-7-9-12)13(10-17)11-22-16(15,20-3)21-4/h5-9,11,14H,1-4H3/t14-/m0/s1. The third-order valence-electron chi connectivity index (χ3n) is 3.86. The molecule has 118 valence electrons. The number of nitrogens with zero attached hydrogens (tertiary/aromatic N) is 1. The molecule has 0 saturated carbocycles. The number of nitriles is 1. The van der Waals surface area contributed by atoms with Gasteiger partial charge in [0.15, 0.2) is 0 Å². The van der Waals surface area contributed by atoms with Crippen molar-refractivity contribution in [1.82, 2.24) is 0 Å². The average Bonchev–Trinajstić information content (AvgIpc) is 2.60. The quantitative estimate of drug-likeness (QED) is 0.776. The van der Waals surface area contributed by atoms with E-state index in [1.165, 1.54) is 34.7 Å². The summed E-state index contributed by atoms with van der Waals surface area (Å²) in [7, 11) is 5.75. The maximum Gasteiger partial charge on any atom is 0.384 e. The van der Waals surface area contributed by atoms with E-state index in [1.807, 2.05) is 30.3 Å². The lowest BCUT2D eigenvalue weighted by atomic mass is 9.81. The molecule has 1 aromatic carbocycles. The van der Waals surface area contributed by atoms with Gasteiger partial charge in [0, 0.05) is 28.4 Å². The lowest BCUT2D eigenvalue weighted by Gasteiger charge is -2.49. The largest absolute Gasteiger partial charge is 0.442 e. The van der Waals surface area contributed by atoms with Crippen LogP contribution in [0.4, 0.5) is 0 Å². The maximum absolute atomic E-state index is 9.47. The molecular formula is C16H19NO5. The van der Waals surface area contributed by atoms with E-state index in [2.05, 4.69) is 6.07 Å². The van der Waals surface area contributed by atoms with Crippen LogP contribution in [0.5, 0.6) is 0 Å². The molecule has 2 rings (SSSR count). The minimum Gasteiger partial charge on any atom is -0.442 e. The van der Waals surface area contributed by atoms with Gasteiger partial charge in [-0.1, -0.05) is 30.3 Å². The Hall–Kier alpha value is -1.91. The van der Waals surface area contributed by atoms with E-state index in [4.69, 9.17) is 23.7 Å². The van der Waals surface area contributed by atoms with E-state index < -0.39 is 17.7 Å². The first-order chi connectivity index (χ1) is 10.6. The van der Waals surface area contributed by atoms with Crippen molar-refractivity contribution in [3.8, 4) is 6.07 Å². The second-order valence-corrected chi connectivity index (χ2v) is 4.69. The predicted molar refractivity (Wildman–Crippen MR) is 77.5 cm³/mol. The molecule has 0 bridgehead atoms. The zero-order chi connectivity index (χ0) is 16.2. The Labute approximate surface area is 129 Å². The highest BCUT2D eigenvalue weighted by Crippen LogP contribution is 2.49. The van der Waals surface area contributed by atoms with Crippen LogP contribution in [0.3, 0.4) is 0 Å². The summed E-state index contributed by atoms with van der Waals surface area (Å²) in [5.41, 5.74) is 1.17. The lowest BCUT2D eigenvalue weighted by Crippen LogP contribution is -2.65. The molecular weight excluding hydrogens is 286 g/mol. The summed E-state index contributed by atoms with van der Waals surface area (Å²) in [6, 6.07) is 11.5. The van der Waals surface area contributed by atoms with E-state index in [1.54, 1.807) is 0 Å². The first kappa shape index (κ1) is 16.5. The van der Waals surface area contributed by atoms with Crippen LogP contribution < -0.4 is 0 Å². The number of rotatable bonds is 5. The second-order valence-electron chi connectivity index (χ2n) is 4.69. The monoisotopic (exact) mass is 305 g/mol. The van der Waals surface area contributed by atoms with Crippen molar-refractivity contribution in [3.63, 3.8) is 0 Å². The van der Waals surface area contributed by atoms with Gasteiger partial charge in [-0.15, -0.1) is 0 Å². The van der Waals surface area contributed by atoms with Crippen LogP contribution in [-0.2, 0) is 23.7 Å². The smallest absolute Gasteiger partial charge is 0.384 e. The second kappa shape index (κ2) is 6.46. The fourth-order valence-electron chi connectivity index (χ4n) is 2.84. The van der Waals surface area contributed by atoms with Crippen LogP contribution >= 0.6 is 0 Å². The van der Waals surface area contributed by atoms with E-state index in [-0.39, 0.29) is 0 Å². The number of benzene rings is 1. The van der Waals surface area contributed by atoms with Gasteiger partial charge in [-0.05, 0) is 5.56 Å². The molecule has 1 heterocycles. The molecule has 6 nitrogen and oxygen atoms in total. The van der Waals surface area contributed by atoms with Crippen molar-refractivity contribution in [2.45, 2.75) is 17.7 Å². The predicted octanol–water partition coefficient (Wildman–Crippen LogP) is 2.14. The third-order valence-corrected chi connectivity index (χ3v) is 3.86. The SMILES string of the molecule is COC1(OC)OC=C(C#N)[C@H](c2ccccc2)C1(OC)OC. The molecule has 0 radical (unpaired) electrons. The van der Waals surface area contributed by atoms with Gasteiger partial charge >= 0.3 is 5.97 Å². The van der Waals surface area contributed by atoms with Crippen LogP contribution in [0.25, 0.3) is 0 Å². The Morgan fingerprint density at radius 2 is 1.59 bits per heavy atom. The molecule has 1 atom stereocenters. The van der Waals surface area contributed by atoms with E-state index in [9.17, 15) is 5.26 Å². The molecule has 0 spiro atoms. The topological polar surface area (TPSA) is 69.9 Å². The Kier molecular flexibility index (Phi) is 4.84. The van der Waals surface area contributed by atoms with Crippen molar-refractivity contribution >= 4 is 0 Å². The molecule has 0 N–H and O–H groups in total. The maximum atomic E-state index is 9.47. The molecule has 0 fully saturated rings. The molecule has 6 heteroatoms. The van der Waals surface area contributed by atoms with Gasteiger partial charge < -0.3 is 23.7 Å². The fraction of sp³-hybridized carbons (Fsp3) is 0.438. The Morgan fingerprint density at radius 3 is 2.05 bits per heavy atom. The summed E-state index contributed by atoms with van der Waals surface area (Å²) in [6.45, 7) is 0. The molecule has 0 unspecified atom stereocenters. The van der Waals surface area contributed by atoms with Gasteiger partial charge in [0.2, 0.25) is 0 Å². The van der Waals surface area contributed by atoms with Gasteiger partial charge in [-0.25, -0.2) is 0 Å². The Bertz CT molecular complexity index is 570. The van der Waals surface area contributed by atoms with Crippen LogP contribution in [0.2, 0.25) is 0 Å². The molecule has 1 aliphatic rings. The average molecular weight is 305 g/mol. The Balaban J connectivity index is 2.71. The number of hydrogen-bond donors (Lipinski definition) is 0. The first-order valence-corrected chi connectivity index (χ1v) is 6.68. The van der Waals surface area contributed by atoms with Crippen molar-refractivity contribution < 1.29 is 23.7 Å². The summed E-state index contributed by atoms with van der Waals surface area (Å²) in [6.07, 6.45) is 1.32. The van der Waals surface area contributed by atoms with Gasteiger partial charge in [0.25, 0.3) is 5.79 Å². The Morgan fingerprint density at radius 1 is 1.00 bits per heavy atom. The summed E-state index contributed by atoms with van der Waals surface area (Å²) in [5, 5.41) is 9.47. The molecule has 0 aromatic heterocycles. The number of hydrogen-bond acceptors (Lipinski definition) is 6. The summed E-state index contributed by atoms with van der Waals surface area (Å²) >= 11 is 0. The van der Waals surface area contributed by atoms with Gasteiger partial charge in [-0.3, -0.25) is 0 Å². The highest BCUT2D eigenvalue weighted by atomic mass is 16.9. The first-order valence-electron chi connectivity index (χ1n) is 6.68. The number of methoxy groups -OCH3 is 4. The van der Waals surface area contributed by atoms with Crippen LogP contribution in [-0.4, -0.2) is 40.2 Å². The fourth-order valence-corrected chi connectivity index (χ4v) is 2.84. The van der Waals surface area contributed by atoms with Crippen LogP contribution in [0, 0.1) is 11.3 Å². The molecule has 22 heavy (non-hydrogen) atoms. The van der Waals surface area contributed by atoms with Crippen LogP contribution in [0.1, 0.15) is 11.5 Å². The highest BCUT2D eigenvalue weighted by Gasteiger charge is 2.65. The van der Waals surface area contributed by atoms with E-state index >= 15 is 0 Å². The van der Waals surface area contributed by atoms with Crippen molar-refractivity contribution in [3.05, 3.63) is 47.7 Å². The zero-order valence-electron chi connectivity index (χ0n) is 13.0. The molecule has 1 aromatic rings. The molecule has 1 aliphatic heterocycles. The minimum atomic E-state index is -1.64. The highest BCUT2D eigenvalue weighted by molar-refractivity contribution is 5.40. The number of ether oxygens (including phenoxy) is 5. The van der Waals surface area contributed by atoms with Crippen molar-refractivity contribution in [1.29, 1.82) is 5.26 Å². The van der Waals surface area contributed by atoms with Crippen LogP contribution in [0.15, 0.2) is 42.2 Å². The van der Waals surface area contributed by atoms with E-state index in [0.717, 1.165) is 5.56 Å². The molecule has 0 aliphatic carbocycles. The lowest BCUT2D eigenvalue weighted by molar-refractivity contribution is -0.477. The molecule has 0 amide bonds. The van der Waals surface area contributed by atoms with Gasteiger partial charge in [-0.2, -0.15) is 5.26 Å². The van der Waals surface area contributed by atoms with E-state index in [0.29, 0.717) is 5.57 Å². The normalized spacial score (nSPS) is 22.3.